The molecule has 0 bridgehead atoms. The minimum absolute atomic E-state index is 0.143. The molecule has 0 aromatic carbocycles. The summed E-state index contributed by atoms with van der Waals surface area (Å²) in [6.07, 6.45) is 1.03. The monoisotopic (exact) mass is 312 g/mol. The van der Waals surface area contributed by atoms with Crippen LogP contribution < -0.4 is 10.6 Å². The normalized spacial score (nSPS) is 18.6. The fourth-order valence-corrected chi connectivity index (χ4v) is 4.36. The Morgan fingerprint density at radius 2 is 2.30 bits per heavy atom. The average Bonchev–Trinajstić information content (AvgIpc) is 2.52. The van der Waals surface area contributed by atoms with Crippen LogP contribution in [0.25, 0.3) is 0 Å². The summed E-state index contributed by atoms with van der Waals surface area (Å²) in [6, 6.07) is 3.51. The summed E-state index contributed by atoms with van der Waals surface area (Å²) in [6.45, 7) is 3.65. The molecule has 0 saturated carbocycles. The van der Waals surface area contributed by atoms with Gasteiger partial charge in [-0.05, 0) is 18.6 Å². The van der Waals surface area contributed by atoms with Gasteiger partial charge >= 0.3 is 0 Å². The van der Waals surface area contributed by atoms with Gasteiger partial charge < -0.3 is 10.6 Å². The fourth-order valence-electron chi connectivity index (χ4n) is 1.75. The molecule has 1 aromatic heterocycles. The van der Waals surface area contributed by atoms with Crippen molar-refractivity contribution in [2.24, 2.45) is 0 Å². The van der Waals surface area contributed by atoms with Crippen molar-refractivity contribution in [1.29, 1.82) is 0 Å². The van der Waals surface area contributed by atoms with Gasteiger partial charge in [-0.25, -0.2) is 0 Å². The van der Waals surface area contributed by atoms with Crippen molar-refractivity contribution in [3.8, 4) is 0 Å². The molecule has 1 atom stereocenters. The van der Waals surface area contributed by atoms with E-state index in [4.69, 9.17) is 0 Å². The van der Waals surface area contributed by atoms with Gasteiger partial charge in [-0.1, -0.05) is 6.92 Å². The zero-order valence-corrected chi connectivity index (χ0v) is 13.2. The number of rotatable bonds is 6. The number of nitrogens with zero attached hydrogens (tertiary/aromatic N) is 2. The molecule has 1 saturated heterocycles. The highest BCUT2D eigenvalue weighted by molar-refractivity contribution is 8.06. The smallest absolute Gasteiger partial charge is 0.271 e. The van der Waals surface area contributed by atoms with Crippen LogP contribution in [-0.2, 0) is 0 Å². The second kappa shape index (κ2) is 8.36. The van der Waals surface area contributed by atoms with Crippen LogP contribution in [0.5, 0.6) is 0 Å². The Bertz CT molecular complexity index is 421. The third-order valence-electron chi connectivity index (χ3n) is 2.83. The van der Waals surface area contributed by atoms with Crippen LogP contribution in [0.3, 0.4) is 0 Å². The van der Waals surface area contributed by atoms with E-state index < -0.39 is 0 Å². The average molecular weight is 312 g/mol. The van der Waals surface area contributed by atoms with Crippen molar-refractivity contribution in [1.82, 2.24) is 15.5 Å². The molecule has 0 aliphatic carbocycles. The van der Waals surface area contributed by atoms with E-state index in [1.54, 1.807) is 12.1 Å². The number of hydrogen-bond donors (Lipinski definition) is 2. The first-order valence-electron chi connectivity index (χ1n) is 6.84. The number of nitrogens with one attached hydrogen (secondary N) is 2. The van der Waals surface area contributed by atoms with E-state index >= 15 is 0 Å². The Morgan fingerprint density at radius 1 is 1.40 bits per heavy atom. The number of amides is 1. The summed E-state index contributed by atoms with van der Waals surface area (Å²) in [4.78, 5) is 12.0. The van der Waals surface area contributed by atoms with Gasteiger partial charge in [0.1, 0.15) is 5.82 Å². The fraction of sp³-hybridized carbons (Fsp3) is 0.615. The summed E-state index contributed by atoms with van der Waals surface area (Å²) in [5.74, 6) is 4.06. The van der Waals surface area contributed by atoms with Crippen LogP contribution in [0.4, 0.5) is 5.82 Å². The summed E-state index contributed by atoms with van der Waals surface area (Å²) in [7, 11) is 0. The molecular formula is C13H20N4OS2. The summed E-state index contributed by atoms with van der Waals surface area (Å²) < 4.78 is 0. The van der Waals surface area contributed by atoms with Crippen LogP contribution >= 0.6 is 23.5 Å². The first kappa shape index (κ1) is 15.4. The van der Waals surface area contributed by atoms with Gasteiger partial charge in [0.05, 0.1) is 0 Å². The lowest BCUT2D eigenvalue weighted by atomic mass is 10.3. The van der Waals surface area contributed by atoms with E-state index in [1.165, 1.54) is 11.5 Å². The van der Waals surface area contributed by atoms with E-state index in [0.29, 0.717) is 23.3 Å². The Kier molecular flexibility index (Phi) is 6.46. The minimum atomic E-state index is -0.143. The van der Waals surface area contributed by atoms with Crippen molar-refractivity contribution in [3.63, 3.8) is 0 Å². The molecule has 1 aromatic rings. The molecule has 0 spiro atoms. The summed E-state index contributed by atoms with van der Waals surface area (Å²) >= 11 is 3.88. The van der Waals surface area contributed by atoms with E-state index in [0.717, 1.165) is 18.7 Å². The SMILES string of the molecule is CCCNc1ccc(C(=O)NCC2CSCCS2)nn1. The summed E-state index contributed by atoms with van der Waals surface area (Å²) in [5.41, 5.74) is 0.375. The molecule has 2 heterocycles. The van der Waals surface area contributed by atoms with Crippen LogP contribution in [0.1, 0.15) is 23.8 Å². The van der Waals surface area contributed by atoms with Gasteiger partial charge in [0, 0.05) is 35.6 Å². The van der Waals surface area contributed by atoms with Crippen molar-refractivity contribution in [2.75, 3.05) is 35.7 Å². The third-order valence-corrected chi connectivity index (χ3v) is 5.67. The lowest BCUT2D eigenvalue weighted by molar-refractivity contribution is 0.0948. The van der Waals surface area contributed by atoms with Crippen LogP contribution in [0, 0.1) is 0 Å². The molecule has 5 nitrogen and oxygen atoms in total. The topological polar surface area (TPSA) is 66.9 Å². The zero-order chi connectivity index (χ0) is 14.2. The highest BCUT2D eigenvalue weighted by Crippen LogP contribution is 2.23. The van der Waals surface area contributed by atoms with Gasteiger partial charge in [0.15, 0.2) is 5.69 Å². The third kappa shape index (κ3) is 4.86. The Hall–Kier alpha value is -0.950. The minimum Gasteiger partial charge on any atom is -0.369 e. The van der Waals surface area contributed by atoms with E-state index in [1.807, 2.05) is 23.5 Å². The zero-order valence-electron chi connectivity index (χ0n) is 11.6. The first-order chi connectivity index (χ1) is 9.79. The van der Waals surface area contributed by atoms with Gasteiger partial charge in [-0.15, -0.1) is 10.2 Å². The van der Waals surface area contributed by atoms with Gasteiger partial charge in [0.25, 0.3) is 5.91 Å². The Morgan fingerprint density at radius 3 is 2.95 bits per heavy atom. The maximum atomic E-state index is 12.0. The van der Waals surface area contributed by atoms with Crippen molar-refractivity contribution >= 4 is 35.2 Å². The quantitative estimate of drug-likeness (QED) is 0.836. The summed E-state index contributed by atoms with van der Waals surface area (Å²) in [5, 5.41) is 14.5. The number of carbonyl (C=O) groups excluding carboxylic acids is 1. The van der Waals surface area contributed by atoms with Crippen molar-refractivity contribution in [2.45, 2.75) is 18.6 Å². The number of hydrogen-bond acceptors (Lipinski definition) is 6. The van der Waals surface area contributed by atoms with E-state index in [9.17, 15) is 4.79 Å². The van der Waals surface area contributed by atoms with Crippen LogP contribution in [-0.4, -0.2) is 51.7 Å². The number of anilines is 1. The van der Waals surface area contributed by atoms with E-state index in [2.05, 4.69) is 27.8 Å². The standard InChI is InChI=1S/C13H20N4OS2/c1-2-5-14-12-4-3-11(16-17-12)13(18)15-8-10-9-19-6-7-20-10/h3-4,10H,2,5-9H2,1H3,(H,14,17)(H,15,18). The predicted molar refractivity (Wildman–Crippen MR) is 86.7 cm³/mol. The molecule has 110 valence electrons. The molecule has 1 unspecified atom stereocenters. The molecule has 1 amide bonds. The molecule has 7 heteroatoms. The molecule has 0 radical (unpaired) electrons. The maximum Gasteiger partial charge on any atom is 0.271 e. The van der Waals surface area contributed by atoms with Gasteiger partial charge in [0.2, 0.25) is 0 Å². The van der Waals surface area contributed by atoms with E-state index in [-0.39, 0.29) is 5.91 Å². The molecule has 2 rings (SSSR count). The molecule has 20 heavy (non-hydrogen) atoms. The Balaban J connectivity index is 1.79. The highest BCUT2D eigenvalue weighted by atomic mass is 32.2. The van der Waals surface area contributed by atoms with Crippen LogP contribution in [0.15, 0.2) is 12.1 Å². The second-order valence-electron chi connectivity index (χ2n) is 4.51. The second-order valence-corrected chi connectivity index (χ2v) is 7.07. The molecule has 1 aliphatic heterocycles. The molecule has 2 N–H and O–H groups in total. The lowest BCUT2D eigenvalue weighted by Crippen LogP contribution is -2.34. The van der Waals surface area contributed by atoms with Crippen molar-refractivity contribution < 1.29 is 4.79 Å². The number of carbonyl (C=O) groups is 1. The molecular weight excluding hydrogens is 292 g/mol. The number of aromatic nitrogens is 2. The predicted octanol–water partition coefficient (Wildman–Crippen LogP) is 1.88. The maximum absolute atomic E-state index is 12.0. The molecule has 1 fully saturated rings. The highest BCUT2D eigenvalue weighted by Gasteiger charge is 2.16. The van der Waals surface area contributed by atoms with Gasteiger partial charge in [-0.2, -0.15) is 23.5 Å². The first-order valence-corrected chi connectivity index (χ1v) is 9.05. The van der Waals surface area contributed by atoms with Crippen LogP contribution in [0.2, 0.25) is 0 Å². The lowest BCUT2D eigenvalue weighted by Gasteiger charge is -2.20. The Labute approximate surface area is 128 Å². The largest absolute Gasteiger partial charge is 0.369 e. The molecule has 1 aliphatic rings. The van der Waals surface area contributed by atoms with Gasteiger partial charge in [-0.3, -0.25) is 4.79 Å². The number of thioether (sulfide) groups is 2. The van der Waals surface area contributed by atoms with Crippen molar-refractivity contribution in [3.05, 3.63) is 17.8 Å².